The highest BCUT2D eigenvalue weighted by molar-refractivity contribution is 7.89. The Hall–Kier alpha value is -2.48. The maximum atomic E-state index is 12.3. The zero-order valence-corrected chi connectivity index (χ0v) is 16.8. The van der Waals surface area contributed by atoms with E-state index in [0.717, 1.165) is 19.6 Å². The van der Waals surface area contributed by atoms with Gasteiger partial charge in [-0.1, -0.05) is 60.7 Å². The molecule has 0 spiro atoms. The van der Waals surface area contributed by atoms with Gasteiger partial charge >= 0.3 is 0 Å². The molecule has 1 N–H and O–H groups in total. The first-order valence-electron chi connectivity index (χ1n) is 9.31. The molecule has 0 saturated carbocycles. The Labute approximate surface area is 166 Å². The highest BCUT2D eigenvalue weighted by Gasteiger charge is 2.16. The molecule has 148 valence electrons. The lowest BCUT2D eigenvalue weighted by Gasteiger charge is -2.22. The van der Waals surface area contributed by atoms with Gasteiger partial charge in [0.1, 0.15) is 0 Å². The maximum Gasteiger partial charge on any atom is 0.259 e. The molecule has 0 aliphatic carbocycles. The van der Waals surface area contributed by atoms with Gasteiger partial charge in [-0.05, 0) is 17.5 Å². The Balaban J connectivity index is 1.56. The van der Waals surface area contributed by atoms with E-state index in [1.807, 2.05) is 36.4 Å². The molecule has 0 bridgehead atoms. The molecule has 3 aromatic rings. The van der Waals surface area contributed by atoms with Crippen LogP contribution < -0.4 is 4.72 Å². The second kappa shape index (κ2) is 9.64. The number of hydrogen-bond donors (Lipinski definition) is 1. The number of hydrogen-bond acceptors (Lipinski definition) is 4. The number of nitrogens with zero attached hydrogens (tertiary/aromatic N) is 3. The van der Waals surface area contributed by atoms with Crippen LogP contribution in [0.2, 0.25) is 0 Å². The number of imidazole rings is 1. The Bertz CT molecular complexity index is 915. The highest BCUT2D eigenvalue weighted by atomic mass is 32.2. The molecule has 0 saturated heterocycles. The minimum atomic E-state index is -3.56. The minimum Gasteiger partial charge on any atom is -0.339 e. The molecule has 2 aromatic carbocycles. The predicted molar refractivity (Wildman–Crippen MR) is 110 cm³/mol. The Morgan fingerprint density at radius 2 is 1.54 bits per heavy atom. The molecule has 0 radical (unpaired) electrons. The summed E-state index contributed by atoms with van der Waals surface area (Å²) in [6.07, 6.45) is 3.70. The number of aromatic nitrogens is 2. The van der Waals surface area contributed by atoms with E-state index in [4.69, 9.17) is 0 Å². The predicted octanol–water partition coefficient (Wildman–Crippen LogP) is 2.79. The third-order valence-electron chi connectivity index (χ3n) is 4.40. The van der Waals surface area contributed by atoms with Crippen molar-refractivity contribution in [2.45, 2.75) is 24.5 Å². The molecule has 0 fully saturated rings. The molecule has 6 nitrogen and oxygen atoms in total. The van der Waals surface area contributed by atoms with Gasteiger partial charge in [-0.25, -0.2) is 18.1 Å². The van der Waals surface area contributed by atoms with Gasteiger partial charge in [0.15, 0.2) is 5.03 Å². The summed E-state index contributed by atoms with van der Waals surface area (Å²) in [6.45, 7) is 2.80. The molecular weight excluding hydrogens is 372 g/mol. The van der Waals surface area contributed by atoms with Crippen molar-refractivity contribution in [3.63, 3.8) is 0 Å². The topological polar surface area (TPSA) is 67.2 Å². The van der Waals surface area contributed by atoms with E-state index in [1.54, 1.807) is 11.6 Å². The largest absolute Gasteiger partial charge is 0.339 e. The lowest BCUT2D eigenvalue weighted by molar-refractivity contribution is 0.254. The number of aryl methyl sites for hydroxylation is 1. The molecule has 1 heterocycles. The van der Waals surface area contributed by atoms with Gasteiger partial charge in [0.2, 0.25) is 0 Å². The quantitative estimate of drug-likeness (QED) is 0.533. The van der Waals surface area contributed by atoms with Crippen LogP contribution in [0.15, 0.2) is 78.2 Å². The Morgan fingerprint density at radius 3 is 2.04 bits per heavy atom. The summed E-state index contributed by atoms with van der Waals surface area (Å²) in [6, 6.07) is 20.6. The Kier molecular flexibility index (Phi) is 6.97. The number of sulfonamides is 1. The molecule has 7 heteroatoms. The SMILES string of the molecule is Cn1cnc(S(=O)(=O)NCCCN(Cc2ccccc2)Cc2ccccc2)c1. The summed E-state index contributed by atoms with van der Waals surface area (Å²) in [4.78, 5) is 6.25. The third kappa shape index (κ3) is 6.02. The van der Waals surface area contributed by atoms with Gasteiger partial charge in [0.05, 0.1) is 6.33 Å². The van der Waals surface area contributed by atoms with Crippen molar-refractivity contribution in [1.82, 2.24) is 19.2 Å². The monoisotopic (exact) mass is 398 g/mol. The smallest absolute Gasteiger partial charge is 0.259 e. The molecule has 3 rings (SSSR count). The highest BCUT2D eigenvalue weighted by Crippen LogP contribution is 2.11. The average Bonchev–Trinajstić information content (AvgIpc) is 3.14. The first kappa shape index (κ1) is 20.3. The van der Waals surface area contributed by atoms with Crippen LogP contribution in [0, 0.1) is 0 Å². The van der Waals surface area contributed by atoms with Crippen LogP contribution in [0.25, 0.3) is 0 Å². The zero-order chi connectivity index (χ0) is 19.8. The molecule has 1 aromatic heterocycles. The van der Waals surface area contributed by atoms with E-state index < -0.39 is 10.0 Å². The lowest BCUT2D eigenvalue weighted by Crippen LogP contribution is -2.30. The standard InChI is InChI=1S/C21H26N4O2S/c1-24-17-21(22-18-24)28(26,27)23-13-8-14-25(15-19-9-4-2-5-10-19)16-20-11-6-3-7-12-20/h2-7,9-12,17-18,23H,8,13-16H2,1H3. The minimum absolute atomic E-state index is 0.0560. The van der Waals surface area contributed by atoms with Crippen LogP contribution in [0.1, 0.15) is 17.5 Å². The van der Waals surface area contributed by atoms with Gasteiger partial charge in [-0.2, -0.15) is 0 Å². The Morgan fingerprint density at radius 1 is 0.964 bits per heavy atom. The van der Waals surface area contributed by atoms with E-state index >= 15 is 0 Å². The van der Waals surface area contributed by atoms with Crippen molar-refractivity contribution < 1.29 is 8.42 Å². The summed E-state index contributed by atoms with van der Waals surface area (Å²) >= 11 is 0. The first-order chi connectivity index (χ1) is 13.5. The lowest BCUT2D eigenvalue weighted by atomic mass is 10.1. The van der Waals surface area contributed by atoms with Crippen molar-refractivity contribution in [2.24, 2.45) is 7.05 Å². The second-order valence-electron chi connectivity index (χ2n) is 6.81. The molecule has 0 amide bonds. The fourth-order valence-corrected chi connectivity index (χ4v) is 4.06. The summed E-state index contributed by atoms with van der Waals surface area (Å²) in [5.41, 5.74) is 2.49. The molecule has 28 heavy (non-hydrogen) atoms. The zero-order valence-electron chi connectivity index (χ0n) is 16.0. The molecule has 0 aliphatic heterocycles. The molecule has 0 atom stereocenters. The van der Waals surface area contributed by atoms with Crippen LogP contribution in [-0.2, 0) is 30.2 Å². The van der Waals surface area contributed by atoms with Crippen LogP contribution >= 0.6 is 0 Å². The molecule has 0 aliphatic rings. The fraction of sp³-hybridized carbons (Fsp3) is 0.286. The van der Waals surface area contributed by atoms with Crippen molar-refractivity contribution in [1.29, 1.82) is 0 Å². The van der Waals surface area contributed by atoms with Gasteiger partial charge in [-0.3, -0.25) is 4.90 Å². The molecular formula is C21H26N4O2S. The molecule has 0 unspecified atom stereocenters. The van der Waals surface area contributed by atoms with Crippen molar-refractivity contribution >= 4 is 10.0 Å². The van der Waals surface area contributed by atoms with Gasteiger partial charge in [0, 0.05) is 39.4 Å². The van der Waals surface area contributed by atoms with Gasteiger partial charge < -0.3 is 4.57 Å². The second-order valence-corrected chi connectivity index (χ2v) is 8.52. The summed E-state index contributed by atoms with van der Waals surface area (Å²) < 4.78 is 28.8. The summed E-state index contributed by atoms with van der Waals surface area (Å²) in [5.74, 6) is 0. The normalized spacial score (nSPS) is 11.8. The van der Waals surface area contributed by atoms with Gasteiger partial charge in [0.25, 0.3) is 10.0 Å². The van der Waals surface area contributed by atoms with Crippen LogP contribution in [-0.4, -0.2) is 36.0 Å². The van der Waals surface area contributed by atoms with Crippen molar-refractivity contribution in [3.8, 4) is 0 Å². The number of benzene rings is 2. The van der Waals surface area contributed by atoms with E-state index in [9.17, 15) is 8.42 Å². The van der Waals surface area contributed by atoms with Crippen molar-refractivity contribution in [2.75, 3.05) is 13.1 Å². The van der Waals surface area contributed by atoms with Crippen LogP contribution in [0.5, 0.6) is 0 Å². The first-order valence-corrected chi connectivity index (χ1v) is 10.8. The number of rotatable bonds is 10. The summed E-state index contributed by atoms with van der Waals surface area (Å²) in [7, 11) is -1.81. The maximum absolute atomic E-state index is 12.3. The average molecular weight is 399 g/mol. The van der Waals surface area contributed by atoms with Crippen LogP contribution in [0.3, 0.4) is 0 Å². The third-order valence-corrected chi connectivity index (χ3v) is 5.74. The number of nitrogens with one attached hydrogen (secondary N) is 1. The van der Waals surface area contributed by atoms with E-state index in [-0.39, 0.29) is 5.03 Å². The van der Waals surface area contributed by atoms with E-state index in [2.05, 4.69) is 38.9 Å². The van der Waals surface area contributed by atoms with Gasteiger partial charge in [-0.15, -0.1) is 0 Å². The summed E-state index contributed by atoms with van der Waals surface area (Å²) in [5, 5.41) is 0.0560. The van der Waals surface area contributed by atoms with E-state index in [1.165, 1.54) is 23.7 Å². The van der Waals surface area contributed by atoms with Crippen molar-refractivity contribution in [3.05, 3.63) is 84.3 Å². The fourth-order valence-electron chi connectivity index (χ4n) is 3.01. The van der Waals surface area contributed by atoms with Crippen LogP contribution in [0.4, 0.5) is 0 Å². The van der Waals surface area contributed by atoms with E-state index in [0.29, 0.717) is 13.0 Å².